The maximum atomic E-state index is 11.8. The number of fused-ring (bicyclic) bond motifs is 1. The second-order valence-electron chi connectivity index (χ2n) is 3.65. The highest BCUT2D eigenvalue weighted by atomic mass is 32.2. The highest BCUT2D eigenvalue weighted by Crippen LogP contribution is 2.33. The van der Waals surface area contributed by atoms with Gasteiger partial charge in [0.2, 0.25) is 15.8 Å². The maximum Gasteiger partial charge on any atom is 0.339 e. The number of carbonyl (C=O) groups is 1. The second kappa shape index (κ2) is 3.97. The first kappa shape index (κ1) is 12.3. The van der Waals surface area contributed by atoms with Crippen LogP contribution >= 0.6 is 0 Å². The van der Waals surface area contributed by atoms with E-state index in [1.165, 1.54) is 24.3 Å². The maximum absolute atomic E-state index is 11.8. The summed E-state index contributed by atoms with van der Waals surface area (Å²) < 4.78 is 22.8. The quantitative estimate of drug-likeness (QED) is 0.852. The fraction of sp³-hybridized carbons (Fsp3) is 0. The fourth-order valence-electron chi connectivity index (χ4n) is 1.71. The number of nitrogens with two attached hydrogens (primary N) is 1. The predicted molar refractivity (Wildman–Crippen MR) is 62.4 cm³/mol. The van der Waals surface area contributed by atoms with E-state index in [2.05, 4.69) is 0 Å². The van der Waals surface area contributed by atoms with Crippen molar-refractivity contribution >= 4 is 26.8 Å². The average Bonchev–Trinajstić information content (AvgIpc) is 2.27. The van der Waals surface area contributed by atoms with Gasteiger partial charge in [-0.3, -0.25) is 5.11 Å². The molecular weight excluding hydrogens is 258 g/mol. The van der Waals surface area contributed by atoms with Gasteiger partial charge in [0, 0.05) is 10.8 Å². The third-order valence-electron chi connectivity index (χ3n) is 2.49. The first-order valence-electron chi connectivity index (χ1n) is 4.81. The Morgan fingerprint density at radius 1 is 1.17 bits per heavy atom. The molecule has 0 saturated heterocycles. The number of carboxylic acids is 1. The molecule has 0 aliphatic heterocycles. The molecule has 0 spiro atoms. The number of hydrogen-bond acceptors (Lipinski definition) is 3. The molecule has 3 N–H and O–H groups in total. The molecule has 93 valence electrons. The van der Waals surface area contributed by atoms with Crippen LogP contribution in [0.15, 0.2) is 35.2 Å². The van der Waals surface area contributed by atoms with Crippen LogP contribution in [-0.4, -0.2) is 19.5 Å². The predicted octanol–water partition coefficient (Wildman–Crippen LogP) is 1.33. The Labute approximate surface area is 102 Å². The van der Waals surface area contributed by atoms with Crippen molar-refractivity contribution in [3.63, 3.8) is 0 Å². The molecule has 0 heterocycles. The highest BCUT2D eigenvalue weighted by molar-refractivity contribution is 7.89. The van der Waals surface area contributed by atoms with Gasteiger partial charge in [-0.1, -0.05) is 24.3 Å². The van der Waals surface area contributed by atoms with Crippen molar-refractivity contribution in [3.8, 4) is 5.75 Å². The molecule has 0 amide bonds. The van der Waals surface area contributed by atoms with Gasteiger partial charge in [0.05, 0.1) is 4.90 Å². The summed E-state index contributed by atoms with van der Waals surface area (Å²) in [5.41, 5.74) is -0.613. The van der Waals surface area contributed by atoms with E-state index in [0.29, 0.717) is 0 Å². The number of carboxylic acid groups (broad SMARTS) is 1. The highest BCUT2D eigenvalue weighted by Gasteiger charge is 2.22. The van der Waals surface area contributed by atoms with Crippen molar-refractivity contribution in [1.82, 2.24) is 0 Å². The number of benzene rings is 2. The molecule has 2 aromatic carbocycles. The molecule has 1 radical (unpaired) electrons. The minimum absolute atomic E-state index is 0.0152. The average molecular weight is 266 g/mol. The van der Waals surface area contributed by atoms with Crippen LogP contribution in [0.3, 0.4) is 0 Å². The Balaban J connectivity index is 3.03. The molecule has 0 bridgehead atoms. The number of sulfonamides is 1. The monoisotopic (exact) mass is 266 g/mol. The molecule has 7 heteroatoms. The molecule has 2 rings (SSSR count). The SMILES string of the molecule is NS(=O)(=O)c1cc(C(=O)O)c([O])c2ccccc12. The number of rotatable bonds is 2. The van der Waals surface area contributed by atoms with E-state index in [0.717, 1.165) is 6.07 Å². The summed E-state index contributed by atoms with van der Waals surface area (Å²) >= 11 is 0. The third kappa shape index (κ3) is 1.89. The summed E-state index contributed by atoms with van der Waals surface area (Å²) in [5.74, 6) is -2.22. The van der Waals surface area contributed by atoms with Crippen molar-refractivity contribution in [1.29, 1.82) is 0 Å². The van der Waals surface area contributed by atoms with Gasteiger partial charge >= 0.3 is 5.97 Å². The summed E-state index contributed by atoms with van der Waals surface area (Å²) in [4.78, 5) is 10.5. The largest absolute Gasteiger partial charge is 0.478 e. The summed E-state index contributed by atoms with van der Waals surface area (Å²) in [7, 11) is -4.10. The van der Waals surface area contributed by atoms with Crippen molar-refractivity contribution in [3.05, 3.63) is 35.9 Å². The summed E-state index contributed by atoms with van der Waals surface area (Å²) in [6.45, 7) is 0. The van der Waals surface area contributed by atoms with Crippen LogP contribution in [0.25, 0.3) is 10.8 Å². The Bertz CT molecular complexity index is 751. The van der Waals surface area contributed by atoms with Gasteiger partial charge in [-0.05, 0) is 6.07 Å². The zero-order valence-electron chi connectivity index (χ0n) is 8.95. The normalized spacial score (nSPS) is 11.6. The molecule has 0 aliphatic carbocycles. The number of hydrogen-bond donors (Lipinski definition) is 2. The lowest BCUT2D eigenvalue weighted by Gasteiger charge is -2.07. The van der Waals surface area contributed by atoms with Crippen LogP contribution in [0, 0.1) is 0 Å². The Kier molecular flexibility index (Phi) is 2.72. The van der Waals surface area contributed by atoms with E-state index in [4.69, 9.17) is 10.2 Å². The molecule has 18 heavy (non-hydrogen) atoms. The van der Waals surface area contributed by atoms with E-state index in [9.17, 15) is 18.3 Å². The standard InChI is InChI=1S/C11H8NO5S/c12-18(16,17)9-5-8(11(14)15)10(13)7-4-2-1-3-6(7)9/h1-5H,(H,14,15)(H2,12,16,17). The van der Waals surface area contributed by atoms with Gasteiger partial charge in [-0.25, -0.2) is 18.4 Å². The van der Waals surface area contributed by atoms with E-state index < -0.39 is 27.3 Å². The van der Waals surface area contributed by atoms with Crippen LogP contribution < -0.4 is 5.14 Å². The topological polar surface area (TPSA) is 117 Å². The second-order valence-corrected chi connectivity index (χ2v) is 5.18. The van der Waals surface area contributed by atoms with Gasteiger partial charge in [0.15, 0.2) is 0 Å². The molecule has 0 unspecified atom stereocenters. The first-order chi connectivity index (χ1) is 8.32. The van der Waals surface area contributed by atoms with E-state index >= 15 is 0 Å². The van der Waals surface area contributed by atoms with Gasteiger partial charge in [0.25, 0.3) is 0 Å². The molecule has 0 aromatic heterocycles. The van der Waals surface area contributed by atoms with Crippen LogP contribution in [0.2, 0.25) is 0 Å². The molecule has 0 atom stereocenters. The molecule has 0 fully saturated rings. The van der Waals surface area contributed by atoms with Gasteiger partial charge in [-0.15, -0.1) is 0 Å². The third-order valence-corrected chi connectivity index (χ3v) is 3.44. The first-order valence-corrected chi connectivity index (χ1v) is 6.36. The summed E-state index contributed by atoms with van der Waals surface area (Å²) in [6.07, 6.45) is 0. The van der Waals surface area contributed by atoms with Gasteiger partial charge in [-0.2, -0.15) is 0 Å². The minimum atomic E-state index is -4.10. The molecule has 6 nitrogen and oxygen atoms in total. The van der Waals surface area contributed by atoms with Crippen molar-refractivity contribution in [2.45, 2.75) is 4.90 Å². The van der Waals surface area contributed by atoms with E-state index in [1.807, 2.05) is 0 Å². The molecular formula is C11H8NO5S. The van der Waals surface area contributed by atoms with Crippen molar-refractivity contribution in [2.24, 2.45) is 5.14 Å². The lowest BCUT2D eigenvalue weighted by molar-refractivity contribution is 0.0692. The Hall–Kier alpha value is -2.12. The minimum Gasteiger partial charge on any atom is -0.478 e. The number of aromatic carboxylic acids is 1. The Morgan fingerprint density at radius 2 is 1.72 bits per heavy atom. The zero-order chi connectivity index (χ0) is 13.5. The van der Waals surface area contributed by atoms with E-state index in [-0.39, 0.29) is 15.7 Å². The van der Waals surface area contributed by atoms with Crippen LogP contribution in [0.1, 0.15) is 10.4 Å². The smallest absolute Gasteiger partial charge is 0.339 e. The molecule has 2 aromatic rings. The van der Waals surface area contributed by atoms with Crippen LogP contribution in [-0.2, 0) is 15.1 Å². The van der Waals surface area contributed by atoms with E-state index in [1.54, 1.807) is 0 Å². The van der Waals surface area contributed by atoms with Gasteiger partial charge in [0.1, 0.15) is 5.56 Å². The summed E-state index contributed by atoms with van der Waals surface area (Å²) in [5, 5.41) is 25.9. The summed E-state index contributed by atoms with van der Waals surface area (Å²) in [6, 6.07) is 6.61. The molecule has 0 aliphatic rings. The zero-order valence-corrected chi connectivity index (χ0v) is 9.77. The lowest BCUT2D eigenvalue weighted by Crippen LogP contribution is -2.14. The number of primary sulfonamides is 1. The Morgan fingerprint density at radius 3 is 2.22 bits per heavy atom. The van der Waals surface area contributed by atoms with Crippen molar-refractivity contribution in [2.75, 3.05) is 0 Å². The van der Waals surface area contributed by atoms with Crippen LogP contribution in [0.5, 0.6) is 5.75 Å². The van der Waals surface area contributed by atoms with Gasteiger partial charge < -0.3 is 5.11 Å². The van der Waals surface area contributed by atoms with Crippen molar-refractivity contribution < 1.29 is 23.4 Å². The van der Waals surface area contributed by atoms with Crippen LogP contribution in [0.4, 0.5) is 0 Å². The lowest BCUT2D eigenvalue weighted by atomic mass is 10.1. The fourth-order valence-corrected chi connectivity index (χ4v) is 2.48. The molecule has 0 saturated carbocycles.